The molecule has 3 aromatic rings. The van der Waals surface area contributed by atoms with E-state index in [1.54, 1.807) is 36.0 Å². The molecule has 11 heteroatoms. The lowest BCUT2D eigenvalue weighted by Gasteiger charge is -2.30. The summed E-state index contributed by atoms with van der Waals surface area (Å²) in [6, 6.07) is 16.9. The van der Waals surface area contributed by atoms with Gasteiger partial charge in [-0.05, 0) is 36.1 Å². The molecule has 0 bridgehead atoms. The molecule has 0 atom stereocenters. The van der Waals surface area contributed by atoms with Crippen molar-refractivity contribution in [1.29, 1.82) is 0 Å². The SMILES string of the molecule is O=C(Nc1nnc(SCc2ccccc2)s1)C1CCN(S(=O)(=O)Cc2cccc(Cl)c2)CC1. The van der Waals surface area contributed by atoms with Crippen LogP contribution in [-0.2, 0) is 26.3 Å². The normalized spacial score (nSPS) is 15.4. The van der Waals surface area contributed by atoms with Gasteiger partial charge in [-0.15, -0.1) is 10.2 Å². The predicted octanol–water partition coefficient (Wildman–Crippen LogP) is 4.66. The molecular weight excluding hydrogens is 500 g/mol. The topological polar surface area (TPSA) is 92.3 Å². The first-order valence-corrected chi connectivity index (χ1v) is 14.2. The van der Waals surface area contributed by atoms with Gasteiger partial charge in [0.05, 0.1) is 5.75 Å². The number of thioether (sulfide) groups is 1. The minimum absolute atomic E-state index is 0.0986. The minimum atomic E-state index is -3.47. The van der Waals surface area contributed by atoms with Crippen molar-refractivity contribution in [3.05, 3.63) is 70.7 Å². The molecular formula is C22H23ClN4O3S3. The number of rotatable bonds is 8. The Morgan fingerprint density at radius 2 is 1.82 bits per heavy atom. The molecule has 1 aliphatic heterocycles. The standard InChI is InChI=1S/C22H23ClN4O3S3/c23-19-8-4-7-17(13-19)15-33(29,30)27-11-9-18(10-12-27)20(28)24-21-25-26-22(32-21)31-14-16-5-2-1-3-6-16/h1-8,13,18H,9-12,14-15H2,(H,24,25,28). The second kappa shape index (κ2) is 11.0. The van der Waals surface area contributed by atoms with Crippen LogP contribution in [0.5, 0.6) is 0 Å². The molecule has 1 fully saturated rings. The van der Waals surface area contributed by atoms with Crippen LogP contribution in [-0.4, -0.2) is 41.9 Å². The Bertz CT molecular complexity index is 1200. The van der Waals surface area contributed by atoms with Crippen molar-refractivity contribution in [2.24, 2.45) is 5.92 Å². The Morgan fingerprint density at radius 3 is 2.55 bits per heavy atom. The fourth-order valence-electron chi connectivity index (χ4n) is 3.57. The molecule has 7 nitrogen and oxygen atoms in total. The quantitative estimate of drug-likeness (QED) is 0.341. The first-order valence-electron chi connectivity index (χ1n) is 10.4. The van der Waals surface area contributed by atoms with E-state index in [1.807, 2.05) is 18.2 Å². The number of amides is 1. The van der Waals surface area contributed by atoms with Crippen LogP contribution < -0.4 is 5.32 Å². The van der Waals surface area contributed by atoms with Gasteiger partial charge in [-0.1, -0.05) is 77.2 Å². The molecule has 1 amide bonds. The maximum atomic E-state index is 12.8. The molecule has 2 heterocycles. The fraction of sp³-hybridized carbons (Fsp3) is 0.318. The summed E-state index contributed by atoms with van der Waals surface area (Å²) in [5.41, 5.74) is 1.85. The summed E-state index contributed by atoms with van der Waals surface area (Å²) in [7, 11) is -3.47. The summed E-state index contributed by atoms with van der Waals surface area (Å²) >= 11 is 8.88. The molecule has 174 valence electrons. The minimum Gasteiger partial charge on any atom is -0.300 e. The van der Waals surface area contributed by atoms with E-state index in [-0.39, 0.29) is 17.6 Å². The number of carbonyl (C=O) groups excluding carboxylic acids is 1. The zero-order valence-corrected chi connectivity index (χ0v) is 20.9. The first-order chi connectivity index (χ1) is 15.9. The van der Waals surface area contributed by atoms with E-state index in [1.165, 1.54) is 21.2 Å². The van der Waals surface area contributed by atoms with Gasteiger partial charge >= 0.3 is 0 Å². The van der Waals surface area contributed by atoms with Gasteiger partial charge in [0.1, 0.15) is 0 Å². The third-order valence-corrected chi connectivity index (χ3v) is 9.43. The number of sulfonamides is 1. The highest BCUT2D eigenvalue weighted by Crippen LogP contribution is 2.29. The number of benzene rings is 2. The van der Waals surface area contributed by atoms with Gasteiger partial charge in [-0.2, -0.15) is 0 Å². The summed E-state index contributed by atoms with van der Waals surface area (Å²) < 4.78 is 27.8. The Hall–Kier alpha value is -1.98. The lowest BCUT2D eigenvalue weighted by Crippen LogP contribution is -2.41. The maximum absolute atomic E-state index is 12.8. The maximum Gasteiger partial charge on any atom is 0.229 e. The van der Waals surface area contributed by atoms with Crippen LogP contribution in [0.4, 0.5) is 5.13 Å². The van der Waals surface area contributed by atoms with Crippen molar-refractivity contribution in [2.75, 3.05) is 18.4 Å². The third-order valence-electron chi connectivity index (χ3n) is 5.30. The molecule has 4 rings (SSSR count). The number of anilines is 1. The van der Waals surface area contributed by atoms with Gasteiger partial charge in [0.25, 0.3) is 0 Å². The average Bonchev–Trinajstić information content (AvgIpc) is 3.25. The Kier molecular flexibility index (Phi) is 8.02. The van der Waals surface area contributed by atoms with Crippen molar-refractivity contribution in [3.63, 3.8) is 0 Å². The highest BCUT2D eigenvalue weighted by atomic mass is 35.5. The number of aromatic nitrogens is 2. The lowest BCUT2D eigenvalue weighted by molar-refractivity contribution is -0.120. The summed E-state index contributed by atoms with van der Waals surface area (Å²) in [6.07, 6.45) is 0.935. The van der Waals surface area contributed by atoms with Crippen LogP contribution in [0.1, 0.15) is 24.0 Å². The summed E-state index contributed by atoms with van der Waals surface area (Å²) in [5, 5.41) is 12.0. The van der Waals surface area contributed by atoms with E-state index < -0.39 is 10.0 Å². The number of hydrogen-bond donors (Lipinski definition) is 1. The van der Waals surface area contributed by atoms with E-state index in [0.717, 1.165) is 10.1 Å². The summed E-state index contributed by atoms with van der Waals surface area (Å²) in [4.78, 5) is 12.7. The van der Waals surface area contributed by atoms with Crippen molar-refractivity contribution in [2.45, 2.75) is 28.7 Å². The predicted molar refractivity (Wildman–Crippen MR) is 133 cm³/mol. The summed E-state index contributed by atoms with van der Waals surface area (Å²) in [6.45, 7) is 0.630. The van der Waals surface area contributed by atoms with Gasteiger partial charge in [0.2, 0.25) is 21.1 Å². The van der Waals surface area contributed by atoms with Crippen molar-refractivity contribution in [1.82, 2.24) is 14.5 Å². The highest BCUT2D eigenvalue weighted by Gasteiger charge is 2.31. The van der Waals surface area contributed by atoms with E-state index in [0.29, 0.717) is 41.6 Å². The van der Waals surface area contributed by atoms with Crippen molar-refractivity contribution in [3.8, 4) is 0 Å². The zero-order chi connectivity index (χ0) is 23.3. The summed E-state index contributed by atoms with van der Waals surface area (Å²) in [5.74, 6) is 0.286. The number of piperidine rings is 1. The molecule has 1 N–H and O–H groups in total. The third kappa shape index (κ3) is 6.77. The Labute approximate surface area is 206 Å². The molecule has 1 saturated heterocycles. The van der Waals surface area contributed by atoms with Gasteiger partial charge in [0, 0.05) is 29.8 Å². The van der Waals surface area contributed by atoms with Crippen LogP contribution >= 0.6 is 34.7 Å². The number of hydrogen-bond acceptors (Lipinski definition) is 7. The first kappa shape index (κ1) is 24.2. The van der Waals surface area contributed by atoms with Crippen molar-refractivity contribution < 1.29 is 13.2 Å². The number of nitrogens with one attached hydrogen (secondary N) is 1. The van der Waals surface area contributed by atoms with E-state index in [9.17, 15) is 13.2 Å². The van der Waals surface area contributed by atoms with Crippen LogP contribution in [0, 0.1) is 5.92 Å². The molecule has 1 aromatic heterocycles. The van der Waals surface area contributed by atoms with Crippen LogP contribution in [0.2, 0.25) is 5.02 Å². The highest BCUT2D eigenvalue weighted by molar-refractivity contribution is 8.00. The van der Waals surface area contributed by atoms with E-state index >= 15 is 0 Å². The van der Waals surface area contributed by atoms with E-state index in [2.05, 4.69) is 27.6 Å². The second-order valence-corrected chi connectivity index (χ2v) is 12.3. The van der Waals surface area contributed by atoms with E-state index in [4.69, 9.17) is 11.6 Å². The number of nitrogens with zero attached hydrogens (tertiary/aromatic N) is 3. The average molecular weight is 523 g/mol. The molecule has 0 radical (unpaired) electrons. The van der Waals surface area contributed by atoms with Crippen LogP contribution in [0.15, 0.2) is 58.9 Å². The number of carbonyl (C=O) groups is 1. The Morgan fingerprint density at radius 1 is 1.09 bits per heavy atom. The lowest BCUT2D eigenvalue weighted by atomic mass is 9.97. The smallest absolute Gasteiger partial charge is 0.229 e. The molecule has 0 unspecified atom stereocenters. The zero-order valence-electron chi connectivity index (χ0n) is 17.7. The molecule has 1 aliphatic rings. The van der Waals surface area contributed by atoms with Gasteiger partial charge in [-0.3, -0.25) is 4.79 Å². The van der Waals surface area contributed by atoms with Gasteiger partial charge < -0.3 is 5.32 Å². The molecule has 33 heavy (non-hydrogen) atoms. The van der Waals surface area contributed by atoms with Crippen LogP contribution in [0.3, 0.4) is 0 Å². The number of halogens is 1. The Balaban J connectivity index is 1.26. The largest absolute Gasteiger partial charge is 0.300 e. The van der Waals surface area contributed by atoms with Gasteiger partial charge in [-0.25, -0.2) is 12.7 Å². The second-order valence-electron chi connectivity index (χ2n) is 7.70. The monoisotopic (exact) mass is 522 g/mol. The molecule has 0 spiro atoms. The van der Waals surface area contributed by atoms with Gasteiger partial charge in [0.15, 0.2) is 4.34 Å². The van der Waals surface area contributed by atoms with Crippen LogP contribution in [0.25, 0.3) is 0 Å². The molecule has 2 aromatic carbocycles. The fourth-order valence-corrected chi connectivity index (χ4v) is 7.04. The van der Waals surface area contributed by atoms with Crippen molar-refractivity contribution >= 4 is 55.8 Å². The molecule has 0 aliphatic carbocycles. The molecule has 0 saturated carbocycles.